The first-order valence-corrected chi connectivity index (χ1v) is 8.55. The van der Waals surface area contributed by atoms with Crippen molar-refractivity contribution in [2.45, 2.75) is 90.4 Å². The highest BCUT2D eigenvalue weighted by Gasteiger charge is 1.90. The third kappa shape index (κ3) is 17.7. The molecule has 0 fully saturated rings. The summed E-state index contributed by atoms with van der Waals surface area (Å²) in [6.45, 7) is 3.21. The summed E-state index contributed by atoms with van der Waals surface area (Å²) in [4.78, 5) is 0. The molecular formula is C18H36O. The number of ether oxygens (including phenoxy) is 1. The van der Waals surface area contributed by atoms with Gasteiger partial charge in [-0.2, -0.15) is 0 Å². The Labute approximate surface area is 121 Å². The predicted molar refractivity (Wildman–Crippen MR) is 86.7 cm³/mol. The maximum Gasteiger partial charge on any atom is 0.0462 e. The number of hydrogen-bond acceptors (Lipinski definition) is 1. The Morgan fingerprint density at radius 2 is 1.11 bits per heavy atom. The second-order valence-electron chi connectivity index (χ2n) is 5.58. The van der Waals surface area contributed by atoms with Gasteiger partial charge in [0.15, 0.2) is 0 Å². The molecule has 0 bridgehead atoms. The van der Waals surface area contributed by atoms with Crippen LogP contribution in [0.2, 0.25) is 0 Å². The van der Waals surface area contributed by atoms with E-state index in [-0.39, 0.29) is 0 Å². The summed E-state index contributed by atoms with van der Waals surface area (Å²) in [5.41, 5.74) is 0. The average Bonchev–Trinajstić information content (AvgIpc) is 2.43. The SMILES string of the molecule is CCCCCCC/C=C\CCCCCCCCOC. The van der Waals surface area contributed by atoms with E-state index >= 15 is 0 Å². The van der Waals surface area contributed by atoms with Gasteiger partial charge in [0.1, 0.15) is 0 Å². The van der Waals surface area contributed by atoms with Crippen LogP contribution in [0.5, 0.6) is 0 Å². The van der Waals surface area contributed by atoms with Gasteiger partial charge in [0.25, 0.3) is 0 Å². The highest BCUT2D eigenvalue weighted by atomic mass is 16.5. The molecular weight excluding hydrogens is 232 g/mol. The molecule has 0 saturated heterocycles. The van der Waals surface area contributed by atoms with Gasteiger partial charge in [0.2, 0.25) is 0 Å². The van der Waals surface area contributed by atoms with Crippen LogP contribution in [0.1, 0.15) is 90.4 Å². The molecule has 0 rings (SSSR count). The Morgan fingerprint density at radius 3 is 1.63 bits per heavy atom. The topological polar surface area (TPSA) is 9.23 Å². The fourth-order valence-corrected chi connectivity index (χ4v) is 2.32. The number of hydrogen-bond donors (Lipinski definition) is 0. The smallest absolute Gasteiger partial charge is 0.0462 e. The number of allylic oxidation sites excluding steroid dienone is 2. The molecule has 0 heterocycles. The molecule has 0 atom stereocenters. The number of unbranched alkanes of at least 4 members (excludes halogenated alkanes) is 11. The summed E-state index contributed by atoms with van der Waals surface area (Å²) in [5, 5.41) is 0. The van der Waals surface area contributed by atoms with Crippen LogP contribution in [0.3, 0.4) is 0 Å². The third-order valence-electron chi connectivity index (χ3n) is 3.61. The van der Waals surface area contributed by atoms with E-state index in [1.165, 1.54) is 83.5 Å². The van der Waals surface area contributed by atoms with Crippen molar-refractivity contribution in [1.29, 1.82) is 0 Å². The monoisotopic (exact) mass is 268 g/mol. The van der Waals surface area contributed by atoms with Gasteiger partial charge in [-0.05, 0) is 32.1 Å². The number of rotatable bonds is 15. The zero-order chi connectivity index (χ0) is 14.0. The van der Waals surface area contributed by atoms with Gasteiger partial charge >= 0.3 is 0 Å². The van der Waals surface area contributed by atoms with Gasteiger partial charge in [-0.1, -0.05) is 70.4 Å². The molecule has 0 saturated carbocycles. The van der Waals surface area contributed by atoms with Crippen LogP contribution in [0.15, 0.2) is 12.2 Å². The minimum absolute atomic E-state index is 0.932. The van der Waals surface area contributed by atoms with E-state index < -0.39 is 0 Å². The molecule has 0 radical (unpaired) electrons. The lowest BCUT2D eigenvalue weighted by molar-refractivity contribution is 0.192. The van der Waals surface area contributed by atoms with E-state index in [9.17, 15) is 0 Å². The van der Waals surface area contributed by atoms with E-state index in [2.05, 4.69) is 19.1 Å². The van der Waals surface area contributed by atoms with E-state index in [0.717, 1.165) is 6.61 Å². The lowest BCUT2D eigenvalue weighted by Crippen LogP contribution is -1.88. The first-order chi connectivity index (χ1) is 9.41. The molecule has 0 N–H and O–H groups in total. The van der Waals surface area contributed by atoms with Crippen molar-refractivity contribution in [2.75, 3.05) is 13.7 Å². The second kappa shape index (κ2) is 17.7. The lowest BCUT2D eigenvalue weighted by atomic mass is 10.1. The molecule has 0 aromatic heterocycles. The Kier molecular flexibility index (Phi) is 17.4. The predicted octanol–water partition coefficient (Wildman–Crippen LogP) is 6.28. The molecule has 1 heteroatoms. The normalized spacial score (nSPS) is 11.5. The number of methoxy groups -OCH3 is 1. The van der Waals surface area contributed by atoms with Crippen molar-refractivity contribution in [3.05, 3.63) is 12.2 Å². The lowest BCUT2D eigenvalue weighted by Gasteiger charge is -2.00. The standard InChI is InChI=1S/C18H36O/c1-3-4-5-6-7-8-9-10-11-12-13-14-15-16-17-18-19-2/h9-10H,3-8,11-18H2,1-2H3/b10-9-. The van der Waals surface area contributed by atoms with Crippen LogP contribution in [0, 0.1) is 0 Å². The van der Waals surface area contributed by atoms with Gasteiger partial charge in [0.05, 0.1) is 0 Å². The average molecular weight is 268 g/mol. The van der Waals surface area contributed by atoms with Crippen molar-refractivity contribution in [2.24, 2.45) is 0 Å². The van der Waals surface area contributed by atoms with Gasteiger partial charge in [-0.3, -0.25) is 0 Å². The summed E-state index contributed by atoms with van der Waals surface area (Å²) >= 11 is 0. The van der Waals surface area contributed by atoms with Crippen LogP contribution in [-0.2, 0) is 4.74 Å². The molecule has 0 aliphatic heterocycles. The van der Waals surface area contributed by atoms with Crippen molar-refractivity contribution >= 4 is 0 Å². The zero-order valence-electron chi connectivity index (χ0n) is 13.5. The van der Waals surface area contributed by atoms with Gasteiger partial charge in [0, 0.05) is 13.7 Å². The van der Waals surface area contributed by atoms with Gasteiger partial charge in [-0.15, -0.1) is 0 Å². The highest BCUT2D eigenvalue weighted by molar-refractivity contribution is 4.81. The van der Waals surface area contributed by atoms with Crippen LogP contribution in [-0.4, -0.2) is 13.7 Å². The van der Waals surface area contributed by atoms with Crippen LogP contribution >= 0.6 is 0 Å². The van der Waals surface area contributed by atoms with Crippen LogP contribution in [0.4, 0.5) is 0 Å². The zero-order valence-corrected chi connectivity index (χ0v) is 13.5. The van der Waals surface area contributed by atoms with Crippen molar-refractivity contribution in [1.82, 2.24) is 0 Å². The molecule has 0 spiro atoms. The summed E-state index contributed by atoms with van der Waals surface area (Å²) in [5.74, 6) is 0. The highest BCUT2D eigenvalue weighted by Crippen LogP contribution is 2.09. The van der Waals surface area contributed by atoms with E-state index in [1.807, 2.05) is 0 Å². The van der Waals surface area contributed by atoms with E-state index in [4.69, 9.17) is 4.74 Å². The molecule has 114 valence electrons. The summed E-state index contributed by atoms with van der Waals surface area (Å²) < 4.78 is 5.05. The van der Waals surface area contributed by atoms with Gasteiger partial charge < -0.3 is 4.74 Å². The largest absolute Gasteiger partial charge is 0.385 e. The van der Waals surface area contributed by atoms with Crippen molar-refractivity contribution in [3.63, 3.8) is 0 Å². The Bertz CT molecular complexity index is 175. The summed E-state index contributed by atoms with van der Waals surface area (Å²) in [6.07, 6.45) is 22.5. The molecule has 0 unspecified atom stereocenters. The molecule has 0 aromatic carbocycles. The molecule has 0 aliphatic rings. The molecule has 0 aliphatic carbocycles. The van der Waals surface area contributed by atoms with Crippen molar-refractivity contribution in [3.8, 4) is 0 Å². The first kappa shape index (κ1) is 18.7. The summed E-state index contributed by atoms with van der Waals surface area (Å²) in [7, 11) is 1.79. The maximum atomic E-state index is 5.05. The molecule has 0 aromatic rings. The van der Waals surface area contributed by atoms with E-state index in [1.54, 1.807) is 7.11 Å². The van der Waals surface area contributed by atoms with Crippen LogP contribution in [0.25, 0.3) is 0 Å². The third-order valence-corrected chi connectivity index (χ3v) is 3.61. The summed E-state index contributed by atoms with van der Waals surface area (Å²) in [6, 6.07) is 0. The Morgan fingerprint density at radius 1 is 0.632 bits per heavy atom. The molecule has 0 amide bonds. The fourth-order valence-electron chi connectivity index (χ4n) is 2.32. The maximum absolute atomic E-state index is 5.05. The molecule has 19 heavy (non-hydrogen) atoms. The minimum atomic E-state index is 0.932. The second-order valence-corrected chi connectivity index (χ2v) is 5.58. The fraction of sp³-hybridized carbons (Fsp3) is 0.889. The quantitative estimate of drug-likeness (QED) is 0.251. The first-order valence-electron chi connectivity index (χ1n) is 8.55. The van der Waals surface area contributed by atoms with Crippen LogP contribution < -0.4 is 0 Å². The molecule has 1 nitrogen and oxygen atoms in total. The Hall–Kier alpha value is -0.300. The Balaban J connectivity index is 3.00. The van der Waals surface area contributed by atoms with Crippen molar-refractivity contribution < 1.29 is 4.74 Å². The van der Waals surface area contributed by atoms with E-state index in [0.29, 0.717) is 0 Å². The van der Waals surface area contributed by atoms with Gasteiger partial charge in [-0.25, -0.2) is 0 Å². The minimum Gasteiger partial charge on any atom is -0.385 e.